The van der Waals surface area contributed by atoms with Crippen molar-refractivity contribution in [2.45, 2.75) is 70.4 Å². The van der Waals surface area contributed by atoms with Crippen LogP contribution in [0.2, 0.25) is 0 Å². The molecule has 3 heteroatoms. The second-order valence-electron chi connectivity index (χ2n) is 6.28. The molecule has 3 nitrogen and oxygen atoms in total. The average molecular weight is 243 g/mol. The summed E-state index contributed by atoms with van der Waals surface area (Å²) in [5.74, 6) is 0.199. The Morgan fingerprint density at radius 3 is 2.24 bits per heavy atom. The van der Waals surface area contributed by atoms with E-state index in [1.807, 2.05) is 20.8 Å². The van der Waals surface area contributed by atoms with Gasteiger partial charge >= 0.3 is 0 Å². The van der Waals surface area contributed by atoms with Crippen molar-refractivity contribution in [1.82, 2.24) is 0 Å². The highest BCUT2D eigenvalue weighted by atomic mass is 16.5. The fourth-order valence-electron chi connectivity index (χ4n) is 2.20. The largest absolute Gasteiger partial charge is 0.388 e. The topological polar surface area (TPSA) is 55.5 Å². The lowest BCUT2D eigenvalue weighted by Gasteiger charge is -2.32. The summed E-state index contributed by atoms with van der Waals surface area (Å²) >= 11 is 0. The molecule has 0 spiro atoms. The molecule has 0 heterocycles. The van der Waals surface area contributed by atoms with Crippen LogP contribution in [-0.2, 0) is 4.74 Å². The molecule has 0 radical (unpaired) electrons. The van der Waals surface area contributed by atoms with Crippen LogP contribution in [0.1, 0.15) is 59.3 Å². The Labute approximate surface area is 106 Å². The number of rotatable bonds is 5. The van der Waals surface area contributed by atoms with Crippen molar-refractivity contribution < 1.29 is 9.84 Å². The van der Waals surface area contributed by atoms with Gasteiger partial charge in [0.2, 0.25) is 0 Å². The smallest absolute Gasteiger partial charge is 0.0874 e. The average Bonchev–Trinajstić information content (AvgIpc) is 2.43. The molecule has 17 heavy (non-hydrogen) atoms. The minimum atomic E-state index is -0.749. The number of aliphatic hydroxyl groups is 1. The van der Waals surface area contributed by atoms with E-state index in [4.69, 9.17) is 10.5 Å². The Bertz CT molecular complexity index is 218. The lowest BCUT2D eigenvalue weighted by Crippen LogP contribution is -2.46. The Balaban J connectivity index is 2.34. The zero-order chi connectivity index (χ0) is 12.9. The van der Waals surface area contributed by atoms with Gasteiger partial charge in [-0.15, -0.1) is 0 Å². The van der Waals surface area contributed by atoms with Crippen molar-refractivity contribution in [2.75, 3.05) is 13.2 Å². The van der Waals surface area contributed by atoms with E-state index in [-0.39, 0.29) is 11.5 Å². The molecule has 1 saturated carbocycles. The van der Waals surface area contributed by atoms with Gasteiger partial charge in [0.1, 0.15) is 0 Å². The zero-order valence-corrected chi connectivity index (χ0v) is 11.7. The normalized spacial score (nSPS) is 24.4. The van der Waals surface area contributed by atoms with Crippen molar-refractivity contribution in [3.05, 3.63) is 0 Å². The van der Waals surface area contributed by atoms with E-state index in [1.54, 1.807) is 0 Å². The van der Waals surface area contributed by atoms with Gasteiger partial charge in [0.05, 0.1) is 18.8 Å². The minimum absolute atomic E-state index is 0.163. The van der Waals surface area contributed by atoms with E-state index in [1.165, 1.54) is 25.7 Å². The molecule has 1 aliphatic carbocycles. The van der Waals surface area contributed by atoms with Gasteiger partial charge in [-0.2, -0.15) is 0 Å². The van der Waals surface area contributed by atoms with Crippen molar-refractivity contribution in [2.24, 2.45) is 11.7 Å². The lowest BCUT2D eigenvalue weighted by atomic mass is 9.91. The van der Waals surface area contributed by atoms with Crippen LogP contribution in [0.4, 0.5) is 0 Å². The van der Waals surface area contributed by atoms with Gasteiger partial charge in [0.25, 0.3) is 0 Å². The van der Waals surface area contributed by atoms with E-state index < -0.39 is 5.60 Å². The molecule has 0 bridgehead atoms. The van der Waals surface area contributed by atoms with Crippen LogP contribution in [0.3, 0.4) is 0 Å². The Kier molecular flexibility index (Phi) is 5.42. The van der Waals surface area contributed by atoms with Crippen LogP contribution in [0.15, 0.2) is 0 Å². The zero-order valence-electron chi connectivity index (χ0n) is 11.7. The van der Waals surface area contributed by atoms with Gasteiger partial charge in [0, 0.05) is 5.54 Å². The SMILES string of the molecule is CC(C)C(C)(O)COCC1(N)CCCCCC1. The summed E-state index contributed by atoms with van der Waals surface area (Å²) in [6, 6.07) is 0. The van der Waals surface area contributed by atoms with Gasteiger partial charge in [0.15, 0.2) is 0 Å². The molecule has 0 saturated heterocycles. The van der Waals surface area contributed by atoms with Crippen molar-refractivity contribution in [3.63, 3.8) is 0 Å². The molecule has 1 unspecified atom stereocenters. The first-order valence-electron chi connectivity index (χ1n) is 6.95. The highest BCUT2D eigenvalue weighted by Gasteiger charge is 2.29. The maximum absolute atomic E-state index is 10.1. The van der Waals surface area contributed by atoms with Crippen molar-refractivity contribution in [1.29, 1.82) is 0 Å². The molecular weight excluding hydrogens is 214 g/mol. The number of ether oxygens (including phenoxy) is 1. The van der Waals surface area contributed by atoms with E-state index in [2.05, 4.69) is 0 Å². The molecule has 1 rings (SSSR count). The molecule has 3 N–H and O–H groups in total. The summed E-state index contributed by atoms with van der Waals surface area (Å²) in [6.07, 6.45) is 7.11. The number of nitrogens with two attached hydrogens (primary N) is 1. The maximum atomic E-state index is 10.1. The maximum Gasteiger partial charge on any atom is 0.0874 e. The van der Waals surface area contributed by atoms with Crippen LogP contribution in [0.25, 0.3) is 0 Å². The third kappa shape index (κ3) is 4.94. The summed E-state index contributed by atoms with van der Waals surface area (Å²) in [6.45, 7) is 6.80. The predicted octanol–water partition coefficient (Wildman–Crippen LogP) is 2.46. The Hall–Kier alpha value is -0.120. The molecule has 0 aromatic carbocycles. The highest BCUT2D eigenvalue weighted by molar-refractivity contribution is 4.86. The van der Waals surface area contributed by atoms with E-state index in [0.717, 1.165) is 12.8 Å². The fourth-order valence-corrected chi connectivity index (χ4v) is 2.20. The van der Waals surface area contributed by atoms with Crippen LogP contribution >= 0.6 is 0 Å². The fraction of sp³-hybridized carbons (Fsp3) is 1.00. The second kappa shape index (κ2) is 6.17. The van der Waals surface area contributed by atoms with Crippen LogP contribution in [0.5, 0.6) is 0 Å². The number of hydrogen-bond acceptors (Lipinski definition) is 3. The number of hydrogen-bond donors (Lipinski definition) is 2. The van der Waals surface area contributed by atoms with Gasteiger partial charge in [-0.25, -0.2) is 0 Å². The van der Waals surface area contributed by atoms with E-state index in [9.17, 15) is 5.11 Å². The molecule has 1 aliphatic rings. The first-order valence-corrected chi connectivity index (χ1v) is 6.95. The lowest BCUT2D eigenvalue weighted by molar-refractivity contribution is -0.0729. The Morgan fingerprint density at radius 2 is 1.76 bits per heavy atom. The molecule has 0 aromatic heterocycles. The van der Waals surface area contributed by atoms with E-state index >= 15 is 0 Å². The third-order valence-electron chi connectivity index (χ3n) is 4.13. The predicted molar refractivity (Wildman–Crippen MR) is 70.9 cm³/mol. The molecular formula is C14H29NO2. The first-order chi connectivity index (χ1) is 7.86. The third-order valence-corrected chi connectivity index (χ3v) is 4.13. The standard InChI is InChI=1S/C14H29NO2/c1-12(2)13(3,16)10-17-11-14(15)8-6-4-5-7-9-14/h12,16H,4-11,15H2,1-3H3. The van der Waals surface area contributed by atoms with Gasteiger partial charge in [-0.3, -0.25) is 0 Å². The van der Waals surface area contributed by atoms with Crippen LogP contribution in [-0.4, -0.2) is 29.5 Å². The van der Waals surface area contributed by atoms with Gasteiger partial charge in [-0.05, 0) is 25.7 Å². The molecule has 0 aromatic rings. The first kappa shape index (κ1) is 14.9. The monoisotopic (exact) mass is 243 g/mol. The second-order valence-corrected chi connectivity index (χ2v) is 6.28. The molecule has 102 valence electrons. The van der Waals surface area contributed by atoms with Gasteiger partial charge in [-0.1, -0.05) is 39.5 Å². The van der Waals surface area contributed by atoms with E-state index in [0.29, 0.717) is 13.2 Å². The molecule has 1 fully saturated rings. The Morgan fingerprint density at radius 1 is 1.24 bits per heavy atom. The van der Waals surface area contributed by atoms with Crippen molar-refractivity contribution in [3.8, 4) is 0 Å². The molecule has 0 aliphatic heterocycles. The summed E-state index contributed by atoms with van der Waals surface area (Å²) in [5, 5.41) is 10.1. The quantitative estimate of drug-likeness (QED) is 0.729. The summed E-state index contributed by atoms with van der Waals surface area (Å²) in [7, 11) is 0. The summed E-state index contributed by atoms with van der Waals surface area (Å²) < 4.78 is 5.68. The van der Waals surface area contributed by atoms with Crippen LogP contribution < -0.4 is 5.73 Å². The summed E-state index contributed by atoms with van der Waals surface area (Å²) in [5.41, 5.74) is 5.45. The molecule has 0 amide bonds. The highest BCUT2D eigenvalue weighted by Crippen LogP contribution is 2.26. The van der Waals surface area contributed by atoms with Gasteiger partial charge < -0.3 is 15.6 Å². The molecule has 1 atom stereocenters. The van der Waals surface area contributed by atoms with Crippen LogP contribution in [0, 0.1) is 5.92 Å². The minimum Gasteiger partial charge on any atom is -0.388 e. The van der Waals surface area contributed by atoms with Crippen molar-refractivity contribution >= 4 is 0 Å². The summed E-state index contributed by atoms with van der Waals surface area (Å²) in [4.78, 5) is 0.